The number of hydroxylamine groups is 2. The summed E-state index contributed by atoms with van der Waals surface area (Å²) in [7, 11) is 0. The van der Waals surface area contributed by atoms with Crippen molar-refractivity contribution in [2.75, 3.05) is 0 Å². The molecule has 2 rings (SSSR count). The van der Waals surface area contributed by atoms with E-state index in [1.807, 2.05) is 60.7 Å². The van der Waals surface area contributed by atoms with Gasteiger partial charge in [0.2, 0.25) is 6.41 Å². The van der Waals surface area contributed by atoms with Crippen LogP contribution in [0.4, 0.5) is 0 Å². The van der Waals surface area contributed by atoms with Crippen LogP contribution in [0.5, 0.6) is 0 Å². The molecule has 5 heteroatoms. The van der Waals surface area contributed by atoms with Crippen LogP contribution in [0.15, 0.2) is 72.4 Å². The average Bonchev–Trinajstić information content (AvgIpc) is 2.59. The van der Waals surface area contributed by atoms with E-state index in [4.69, 9.17) is 4.84 Å². The molecule has 0 saturated carbocycles. The van der Waals surface area contributed by atoms with E-state index in [0.717, 1.165) is 16.2 Å². The molecule has 118 valence electrons. The quantitative estimate of drug-likeness (QED) is 0.462. The molecule has 0 spiro atoms. The monoisotopic (exact) mass is 311 g/mol. The lowest BCUT2D eigenvalue weighted by Crippen LogP contribution is -2.26. The summed E-state index contributed by atoms with van der Waals surface area (Å²) < 4.78 is 0. The fourth-order valence-electron chi connectivity index (χ4n) is 1.98. The zero-order chi connectivity index (χ0) is 16.5. The van der Waals surface area contributed by atoms with Crippen molar-refractivity contribution < 1.29 is 19.5 Å². The summed E-state index contributed by atoms with van der Waals surface area (Å²) in [6.07, 6.45) is 2.20. The number of hydrogen-bond acceptors (Lipinski definition) is 3. The Hall–Kier alpha value is -2.92. The Morgan fingerprint density at radius 2 is 1.57 bits per heavy atom. The van der Waals surface area contributed by atoms with Crippen molar-refractivity contribution in [3.8, 4) is 0 Å². The maximum Gasteiger partial charge on any atom is 0.354 e. The van der Waals surface area contributed by atoms with Crippen molar-refractivity contribution in [2.45, 2.75) is 13.0 Å². The third kappa shape index (κ3) is 5.09. The number of carboxylic acid groups (broad SMARTS) is 1. The first-order chi connectivity index (χ1) is 11.2. The van der Waals surface area contributed by atoms with Gasteiger partial charge in [0.15, 0.2) is 5.70 Å². The molecule has 0 aliphatic carbocycles. The molecule has 0 radical (unpaired) electrons. The summed E-state index contributed by atoms with van der Waals surface area (Å²) in [6, 6.07) is 18.6. The highest BCUT2D eigenvalue weighted by atomic mass is 16.7. The normalized spacial score (nSPS) is 11.0. The van der Waals surface area contributed by atoms with Gasteiger partial charge in [-0.3, -0.25) is 9.63 Å². The Bertz CT molecular complexity index is 668. The molecular formula is C18H17NO4. The summed E-state index contributed by atoms with van der Waals surface area (Å²) in [4.78, 5) is 27.9. The minimum Gasteiger partial charge on any atom is -0.477 e. The minimum absolute atomic E-state index is 0.107. The van der Waals surface area contributed by atoms with Gasteiger partial charge in [0.25, 0.3) is 0 Å². The van der Waals surface area contributed by atoms with Crippen molar-refractivity contribution in [1.29, 1.82) is 0 Å². The first-order valence-electron chi connectivity index (χ1n) is 7.09. The lowest BCUT2D eigenvalue weighted by molar-refractivity contribution is -0.171. The van der Waals surface area contributed by atoms with Crippen molar-refractivity contribution in [3.05, 3.63) is 83.6 Å². The molecular weight excluding hydrogens is 294 g/mol. The van der Waals surface area contributed by atoms with Crippen LogP contribution in [0, 0.1) is 0 Å². The molecule has 23 heavy (non-hydrogen) atoms. The SMILES string of the molecule is O=CN(OCc1ccccc1)/C(=C/Cc1ccccc1)C(=O)O. The van der Waals surface area contributed by atoms with Crippen LogP contribution in [-0.2, 0) is 27.5 Å². The van der Waals surface area contributed by atoms with E-state index < -0.39 is 5.97 Å². The van der Waals surface area contributed by atoms with Crippen LogP contribution in [0.2, 0.25) is 0 Å². The summed E-state index contributed by atoms with van der Waals surface area (Å²) in [6.45, 7) is 0.107. The molecule has 2 aromatic carbocycles. The van der Waals surface area contributed by atoms with Gasteiger partial charge in [0, 0.05) is 0 Å². The van der Waals surface area contributed by atoms with Crippen LogP contribution in [0.3, 0.4) is 0 Å². The van der Waals surface area contributed by atoms with E-state index in [1.54, 1.807) is 0 Å². The first-order valence-corrected chi connectivity index (χ1v) is 7.09. The van der Waals surface area contributed by atoms with Gasteiger partial charge in [-0.2, -0.15) is 5.06 Å². The lowest BCUT2D eigenvalue weighted by atomic mass is 10.1. The van der Waals surface area contributed by atoms with Gasteiger partial charge >= 0.3 is 5.97 Å². The van der Waals surface area contributed by atoms with E-state index in [9.17, 15) is 14.7 Å². The number of aliphatic carboxylic acids is 1. The smallest absolute Gasteiger partial charge is 0.354 e. The molecule has 5 nitrogen and oxygen atoms in total. The van der Waals surface area contributed by atoms with Gasteiger partial charge in [0.05, 0.1) is 0 Å². The molecule has 0 aliphatic heterocycles. The maximum atomic E-state index is 11.4. The van der Waals surface area contributed by atoms with Crippen molar-refractivity contribution >= 4 is 12.4 Å². The Balaban J connectivity index is 2.07. The number of carbonyl (C=O) groups excluding carboxylic acids is 1. The number of hydrogen-bond donors (Lipinski definition) is 1. The second kappa shape index (κ2) is 8.51. The molecule has 0 aliphatic rings. The van der Waals surface area contributed by atoms with E-state index in [0.29, 0.717) is 12.8 Å². The predicted octanol–water partition coefficient (Wildman–Crippen LogP) is 2.79. The zero-order valence-electron chi connectivity index (χ0n) is 12.5. The molecule has 2 aromatic rings. The van der Waals surface area contributed by atoms with Crippen molar-refractivity contribution in [3.63, 3.8) is 0 Å². The van der Waals surface area contributed by atoms with E-state index in [-0.39, 0.29) is 12.3 Å². The van der Waals surface area contributed by atoms with Crippen molar-refractivity contribution in [2.24, 2.45) is 0 Å². The van der Waals surface area contributed by atoms with E-state index in [2.05, 4.69) is 0 Å². The Morgan fingerprint density at radius 1 is 1.00 bits per heavy atom. The highest BCUT2D eigenvalue weighted by Crippen LogP contribution is 2.10. The molecule has 0 saturated heterocycles. The largest absolute Gasteiger partial charge is 0.477 e. The first kappa shape index (κ1) is 16.5. The Labute approximate surface area is 134 Å². The second-order valence-corrected chi connectivity index (χ2v) is 4.77. The van der Waals surface area contributed by atoms with Crippen LogP contribution in [0.25, 0.3) is 0 Å². The fourth-order valence-corrected chi connectivity index (χ4v) is 1.98. The van der Waals surface area contributed by atoms with E-state index in [1.165, 1.54) is 6.08 Å². The lowest BCUT2D eigenvalue weighted by Gasteiger charge is -2.17. The third-order valence-electron chi connectivity index (χ3n) is 3.14. The number of benzene rings is 2. The maximum absolute atomic E-state index is 11.4. The van der Waals surface area contributed by atoms with Gasteiger partial charge < -0.3 is 5.11 Å². The molecule has 0 heterocycles. The highest BCUT2D eigenvalue weighted by Gasteiger charge is 2.17. The van der Waals surface area contributed by atoms with Gasteiger partial charge in [-0.05, 0) is 23.6 Å². The van der Waals surface area contributed by atoms with Crippen LogP contribution in [0.1, 0.15) is 11.1 Å². The Kier molecular flexibility index (Phi) is 6.08. The van der Waals surface area contributed by atoms with Crippen LogP contribution < -0.4 is 0 Å². The van der Waals surface area contributed by atoms with Crippen LogP contribution in [-0.4, -0.2) is 22.5 Å². The number of nitrogens with zero attached hydrogens (tertiary/aromatic N) is 1. The fraction of sp³-hybridized carbons (Fsp3) is 0.111. The molecule has 0 atom stereocenters. The molecule has 1 N–H and O–H groups in total. The second-order valence-electron chi connectivity index (χ2n) is 4.77. The molecule has 0 bridgehead atoms. The minimum atomic E-state index is -1.22. The van der Waals surface area contributed by atoms with Gasteiger partial charge in [-0.15, -0.1) is 0 Å². The Morgan fingerprint density at radius 3 is 2.09 bits per heavy atom. The van der Waals surface area contributed by atoms with Gasteiger partial charge in [-0.1, -0.05) is 60.7 Å². The number of carbonyl (C=O) groups is 2. The topological polar surface area (TPSA) is 66.8 Å². The van der Waals surface area contributed by atoms with Crippen LogP contribution >= 0.6 is 0 Å². The predicted molar refractivity (Wildman–Crippen MR) is 85.0 cm³/mol. The molecule has 0 aromatic heterocycles. The molecule has 1 amide bonds. The number of carboxylic acids is 1. The van der Waals surface area contributed by atoms with Gasteiger partial charge in [0.1, 0.15) is 6.61 Å². The number of rotatable bonds is 8. The van der Waals surface area contributed by atoms with Crippen molar-refractivity contribution in [1.82, 2.24) is 5.06 Å². The average molecular weight is 311 g/mol. The van der Waals surface area contributed by atoms with E-state index >= 15 is 0 Å². The van der Waals surface area contributed by atoms with Gasteiger partial charge in [-0.25, -0.2) is 4.79 Å². The number of amides is 1. The molecule has 0 fully saturated rings. The molecule has 0 unspecified atom stereocenters. The standard InChI is InChI=1S/C18H17NO4/c20-14-19(23-13-16-9-5-2-6-10-16)17(18(21)22)12-11-15-7-3-1-4-8-15/h1-10,12,14H,11,13H2,(H,21,22)/b17-12+. The highest BCUT2D eigenvalue weighted by molar-refractivity contribution is 5.88. The third-order valence-corrected chi connectivity index (χ3v) is 3.14. The summed E-state index contributed by atoms with van der Waals surface area (Å²) >= 11 is 0. The summed E-state index contributed by atoms with van der Waals surface area (Å²) in [5.74, 6) is -1.22. The summed E-state index contributed by atoms with van der Waals surface area (Å²) in [5, 5.41) is 10.0. The summed E-state index contributed by atoms with van der Waals surface area (Å²) in [5.41, 5.74) is 1.58. The zero-order valence-corrected chi connectivity index (χ0v) is 12.5. The number of allylic oxidation sites excluding steroid dienone is 1.